The molecular weight excluding hydrogens is 186 g/mol. The average Bonchev–Trinajstić information content (AvgIpc) is 2.83. The Labute approximate surface area is 92.6 Å². The van der Waals surface area contributed by atoms with Crippen molar-refractivity contribution in [1.29, 1.82) is 0 Å². The fourth-order valence-electron chi connectivity index (χ4n) is 3.40. The van der Waals surface area contributed by atoms with Crippen molar-refractivity contribution in [3.8, 4) is 0 Å². The molecule has 2 atom stereocenters. The maximum absolute atomic E-state index is 5.84. The van der Waals surface area contributed by atoms with Crippen LogP contribution in [0.1, 0.15) is 32.1 Å². The minimum atomic E-state index is 0.689. The molecule has 3 nitrogen and oxygen atoms in total. The van der Waals surface area contributed by atoms with Gasteiger partial charge < -0.3 is 5.73 Å². The van der Waals surface area contributed by atoms with Crippen molar-refractivity contribution in [2.45, 2.75) is 50.2 Å². The van der Waals surface area contributed by atoms with Crippen LogP contribution >= 0.6 is 0 Å². The SMILES string of the molecule is NCC1CCCN1C1CCN(C2CC2)C1. The Morgan fingerprint density at radius 1 is 1.00 bits per heavy atom. The van der Waals surface area contributed by atoms with Crippen molar-refractivity contribution in [2.24, 2.45) is 5.73 Å². The molecule has 3 aliphatic rings. The highest BCUT2D eigenvalue weighted by Crippen LogP contribution is 2.32. The maximum atomic E-state index is 5.84. The van der Waals surface area contributed by atoms with E-state index >= 15 is 0 Å². The molecule has 0 amide bonds. The molecule has 1 aliphatic carbocycles. The molecule has 2 aliphatic heterocycles. The molecule has 3 heteroatoms. The zero-order valence-electron chi connectivity index (χ0n) is 9.57. The van der Waals surface area contributed by atoms with E-state index in [0.717, 1.165) is 18.6 Å². The van der Waals surface area contributed by atoms with Gasteiger partial charge in [-0.15, -0.1) is 0 Å². The zero-order chi connectivity index (χ0) is 10.3. The van der Waals surface area contributed by atoms with E-state index in [1.807, 2.05) is 0 Å². The Hall–Kier alpha value is -0.120. The van der Waals surface area contributed by atoms with Gasteiger partial charge >= 0.3 is 0 Å². The van der Waals surface area contributed by atoms with Crippen LogP contribution in [0, 0.1) is 0 Å². The normalized spacial score (nSPS) is 39.0. The smallest absolute Gasteiger partial charge is 0.0238 e. The number of nitrogens with zero attached hydrogens (tertiary/aromatic N) is 2. The van der Waals surface area contributed by atoms with Crippen molar-refractivity contribution < 1.29 is 0 Å². The largest absolute Gasteiger partial charge is 0.329 e. The summed E-state index contributed by atoms with van der Waals surface area (Å²) in [5.41, 5.74) is 5.84. The third kappa shape index (κ3) is 1.93. The summed E-state index contributed by atoms with van der Waals surface area (Å²) in [7, 11) is 0. The Balaban J connectivity index is 1.58. The lowest BCUT2D eigenvalue weighted by atomic mass is 10.1. The zero-order valence-corrected chi connectivity index (χ0v) is 9.57. The highest BCUT2D eigenvalue weighted by molar-refractivity contribution is 4.95. The van der Waals surface area contributed by atoms with E-state index in [9.17, 15) is 0 Å². The summed E-state index contributed by atoms with van der Waals surface area (Å²) < 4.78 is 0. The van der Waals surface area contributed by atoms with E-state index in [2.05, 4.69) is 9.80 Å². The Morgan fingerprint density at radius 2 is 1.87 bits per heavy atom. The van der Waals surface area contributed by atoms with Crippen LogP contribution in [-0.4, -0.2) is 54.1 Å². The van der Waals surface area contributed by atoms with Gasteiger partial charge in [-0.2, -0.15) is 0 Å². The highest BCUT2D eigenvalue weighted by atomic mass is 15.3. The molecule has 0 radical (unpaired) electrons. The summed E-state index contributed by atoms with van der Waals surface area (Å²) in [5.74, 6) is 0. The van der Waals surface area contributed by atoms with Crippen LogP contribution < -0.4 is 5.73 Å². The first kappa shape index (κ1) is 10.1. The second-order valence-corrected chi connectivity index (χ2v) is 5.44. The van der Waals surface area contributed by atoms with Crippen LogP contribution in [0.3, 0.4) is 0 Å². The summed E-state index contributed by atoms with van der Waals surface area (Å²) in [5, 5.41) is 0. The number of likely N-dealkylation sites (tertiary alicyclic amines) is 2. The van der Waals surface area contributed by atoms with Gasteiger partial charge in [-0.1, -0.05) is 0 Å². The van der Waals surface area contributed by atoms with Crippen molar-refractivity contribution in [2.75, 3.05) is 26.2 Å². The fraction of sp³-hybridized carbons (Fsp3) is 1.00. The molecule has 2 unspecified atom stereocenters. The van der Waals surface area contributed by atoms with Crippen molar-refractivity contribution >= 4 is 0 Å². The van der Waals surface area contributed by atoms with Gasteiger partial charge in [0.1, 0.15) is 0 Å². The van der Waals surface area contributed by atoms with Gasteiger partial charge in [0.05, 0.1) is 0 Å². The predicted octanol–water partition coefficient (Wildman–Crippen LogP) is 0.646. The molecule has 2 heterocycles. The molecule has 0 aromatic rings. The third-order valence-electron chi connectivity index (χ3n) is 4.42. The van der Waals surface area contributed by atoms with Gasteiger partial charge in [-0.05, 0) is 38.6 Å². The van der Waals surface area contributed by atoms with Crippen molar-refractivity contribution in [3.63, 3.8) is 0 Å². The monoisotopic (exact) mass is 209 g/mol. The Morgan fingerprint density at radius 3 is 2.60 bits per heavy atom. The van der Waals surface area contributed by atoms with Gasteiger partial charge in [0.25, 0.3) is 0 Å². The van der Waals surface area contributed by atoms with Crippen LogP contribution in [-0.2, 0) is 0 Å². The Bertz CT molecular complexity index is 227. The van der Waals surface area contributed by atoms with E-state index < -0.39 is 0 Å². The summed E-state index contributed by atoms with van der Waals surface area (Å²) >= 11 is 0. The second-order valence-electron chi connectivity index (χ2n) is 5.44. The van der Waals surface area contributed by atoms with Crippen molar-refractivity contribution in [1.82, 2.24) is 9.80 Å². The van der Waals surface area contributed by atoms with Crippen LogP contribution in [0.2, 0.25) is 0 Å². The molecular formula is C12H23N3. The minimum Gasteiger partial charge on any atom is -0.329 e. The summed E-state index contributed by atoms with van der Waals surface area (Å²) in [6.07, 6.45) is 6.98. The molecule has 0 bridgehead atoms. The van der Waals surface area contributed by atoms with E-state index in [-0.39, 0.29) is 0 Å². The topological polar surface area (TPSA) is 32.5 Å². The number of hydrogen-bond donors (Lipinski definition) is 1. The van der Waals surface area contributed by atoms with Crippen LogP contribution in [0.15, 0.2) is 0 Å². The third-order valence-corrected chi connectivity index (χ3v) is 4.42. The maximum Gasteiger partial charge on any atom is 0.0238 e. The number of hydrogen-bond acceptors (Lipinski definition) is 3. The van der Waals surface area contributed by atoms with Crippen molar-refractivity contribution in [3.05, 3.63) is 0 Å². The highest BCUT2D eigenvalue weighted by Gasteiger charge is 2.38. The number of rotatable bonds is 3. The molecule has 2 saturated heterocycles. The number of nitrogens with two attached hydrogens (primary N) is 1. The van der Waals surface area contributed by atoms with Gasteiger partial charge in [0.15, 0.2) is 0 Å². The fourth-order valence-corrected chi connectivity index (χ4v) is 3.40. The lowest BCUT2D eigenvalue weighted by Gasteiger charge is -2.29. The van der Waals surface area contributed by atoms with Gasteiger partial charge in [0.2, 0.25) is 0 Å². The molecule has 0 aromatic carbocycles. The first-order chi connectivity index (χ1) is 7.38. The molecule has 86 valence electrons. The Kier molecular flexibility index (Phi) is 2.71. The summed E-state index contributed by atoms with van der Waals surface area (Å²) in [6, 6.07) is 2.46. The first-order valence-corrected chi connectivity index (χ1v) is 6.58. The van der Waals surface area contributed by atoms with E-state index in [1.165, 1.54) is 51.7 Å². The summed E-state index contributed by atoms with van der Waals surface area (Å²) in [6.45, 7) is 4.81. The molecule has 3 rings (SSSR count). The quantitative estimate of drug-likeness (QED) is 0.740. The van der Waals surface area contributed by atoms with Gasteiger partial charge in [-0.25, -0.2) is 0 Å². The average molecular weight is 209 g/mol. The molecule has 0 aromatic heterocycles. The van der Waals surface area contributed by atoms with E-state index in [1.54, 1.807) is 0 Å². The van der Waals surface area contributed by atoms with E-state index in [4.69, 9.17) is 5.73 Å². The molecule has 2 N–H and O–H groups in total. The van der Waals surface area contributed by atoms with Crippen LogP contribution in [0.25, 0.3) is 0 Å². The lowest BCUT2D eigenvalue weighted by molar-refractivity contribution is 0.179. The standard InChI is InChI=1S/C12H23N3/c13-8-11-2-1-6-15(11)12-5-7-14(9-12)10-3-4-10/h10-12H,1-9,13H2. The van der Waals surface area contributed by atoms with Gasteiger partial charge in [-0.3, -0.25) is 9.80 Å². The molecule has 3 fully saturated rings. The first-order valence-electron chi connectivity index (χ1n) is 6.58. The molecule has 0 spiro atoms. The predicted molar refractivity (Wildman–Crippen MR) is 61.8 cm³/mol. The minimum absolute atomic E-state index is 0.689. The summed E-state index contributed by atoms with van der Waals surface area (Å²) in [4.78, 5) is 5.40. The van der Waals surface area contributed by atoms with E-state index in [0.29, 0.717) is 6.04 Å². The van der Waals surface area contributed by atoms with Gasteiger partial charge in [0, 0.05) is 37.8 Å². The molecule has 15 heavy (non-hydrogen) atoms. The van der Waals surface area contributed by atoms with Crippen LogP contribution in [0.5, 0.6) is 0 Å². The second kappa shape index (κ2) is 4.04. The lowest BCUT2D eigenvalue weighted by Crippen LogP contribution is -2.44. The molecule has 1 saturated carbocycles. The van der Waals surface area contributed by atoms with Crippen LogP contribution in [0.4, 0.5) is 0 Å².